The van der Waals surface area contributed by atoms with Crippen molar-refractivity contribution in [3.63, 3.8) is 0 Å². The number of carbonyl (C=O) groups is 1. The quantitative estimate of drug-likeness (QED) is 0.861. The predicted octanol–water partition coefficient (Wildman–Crippen LogP) is 2.00. The van der Waals surface area contributed by atoms with Crippen molar-refractivity contribution >= 4 is 5.91 Å². The summed E-state index contributed by atoms with van der Waals surface area (Å²) < 4.78 is 5.54. The van der Waals surface area contributed by atoms with Gasteiger partial charge in [-0.1, -0.05) is 6.07 Å². The maximum absolute atomic E-state index is 11.9. The van der Waals surface area contributed by atoms with Gasteiger partial charge in [-0.25, -0.2) is 0 Å². The number of benzene rings is 1. The summed E-state index contributed by atoms with van der Waals surface area (Å²) in [6.45, 7) is 3.15. The Morgan fingerprint density at radius 2 is 2.33 bits per heavy atom. The van der Waals surface area contributed by atoms with Crippen molar-refractivity contribution in [2.75, 3.05) is 13.2 Å². The lowest BCUT2D eigenvalue weighted by Gasteiger charge is -2.22. The van der Waals surface area contributed by atoms with Crippen molar-refractivity contribution in [3.8, 4) is 5.75 Å². The third kappa shape index (κ3) is 3.23. The van der Waals surface area contributed by atoms with Crippen molar-refractivity contribution in [1.82, 2.24) is 5.32 Å². The molecule has 18 heavy (non-hydrogen) atoms. The average Bonchev–Trinajstić information content (AvgIpc) is 2.37. The topological polar surface area (TPSA) is 58.6 Å². The van der Waals surface area contributed by atoms with E-state index in [0.29, 0.717) is 12.1 Å². The van der Waals surface area contributed by atoms with E-state index in [1.54, 1.807) is 12.1 Å². The Labute approximate surface area is 107 Å². The fourth-order valence-corrected chi connectivity index (χ4v) is 2.10. The molecule has 98 valence electrons. The summed E-state index contributed by atoms with van der Waals surface area (Å²) in [7, 11) is 0. The van der Waals surface area contributed by atoms with E-state index in [1.165, 1.54) is 0 Å². The highest BCUT2D eigenvalue weighted by atomic mass is 16.5. The molecule has 1 saturated heterocycles. The zero-order valence-electron chi connectivity index (χ0n) is 10.6. The van der Waals surface area contributed by atoms with Gasteiger partial charge in [0.25, 0.3) is 5.91 Å². The molecule has 0 radical (unpaired) electrons. The van der Waals surface area contributed by atoms with Gasteiger partial charge in [-0.3, -0.25) is 4.79 Å². The number of aromatic hydroxyl groups is 1. The van der Waals surface area contributed by atoms with Gasteiger partial charge in [0, 0.05) is 13.2 Å². The summed E-state index contributed by atoms with van der Waals surface area (Å²) in [5.41, 5.74) is 1.25. The maximum atomic E-state index is 11.9. The summed E-state index contributed by atoms with van der Waals surface area (Å²) in [4.78, 5) is 11.9. The van der Waals surface area contributed by atoms with E-state index in [1.807, 2.05) is 13.0 Å². The smallest absolute Gasteiger partial charge is 0.255 e. The first kappa shape index (κ1) is 12.9. The van der Waals surface area contributed by atoms with Crippen molar-refractivity contribution in [2.45, 2.75) is 32.3 Å². The predicted molar refractivity (Wildman–Crippen MR) is 68.8 cm³/mol. The molecule has 0 spiro atoms. The molecule has 1 aromatic carbocycles. The first-order valence-electron chi connectivity index (χ1n) is 6.36. The highest BCUT2D eigenvalue weighted by molar-refractivity contribution is 5.96. The second kappa shape index (κ2) is 5.87. The maximum Gasteiger partial charge on any atom is 0.255 e. The van der Waals surface area contributed by atoms with E-state index in [4.69, 9.17) is 4.74 Å². The monoisotopic (exact) mass is 249 g/mol. The van der Waals surface area contributed by atoms with Crippen LogP contribution in [0.2, 0.25) is 0 Å². The molecule has 2 rings (SSSR count). The molecule has 0 saturated carbocycles. The Balaban J connectivity index is 1.90. The molecule has 4 nitrogen and oxygen atoms in total. The normalized spacial score (nSPS) is 19.5. The molecule has 0 bridgehead atoms. The lowest BCUT2D eigenvalue weighted by molar-refractivity contribution is 0.0169. The number of amides is 1. The van der Waals surface area contributed by atoms with Crippen LogP contribution in [0.15, 0.2) is 18.2 Å². The molecule has 1 aliphatic heterocycles. The summed E-state index contributed by atoms with van der Waals surface area (Å²) in [6, 6.07) is 5.04. The highest BCUT2D eigenvalue weighted by Crippen LogP contribution is 2.18. The van der Waals surface area contributed by atoms with Crippen LogP contribution in [0.3, 0.4) is 0 Å². The van der Waals surface area contributed by atoms with Crippen LogP contribution in [0.1, 0.15) is 35.2 Å². The van der Waals surface area contributed by atoms with Crippen molar-refractivity contribution in [2.24, 2.45) is 0 Å². The molecule has 4 heteroatoms. The first-order valence-corrected chi connectivity index (χ1v) is 6.36. The highest BCUT2D eigenvalue weighted by Gasteiger charge is 2.16. The summed E-state index contributed by atoms with van der Waals surface area (Å²) >= 11 is 0. The van der Waals surface area contributed by atoms with E-state index < -0.39 is 0 Å². The number of carbonyl (C=O) groups excluding carboxylic acids is 1. The van der Waals surface area contributed by atoms with E-state index in [-0.39, 0.29) is 17.8 Å². The molecule has 1 unspecified atom stereocenters. The molecule has 0 aliphatic carbocycles. The summed E-state index contributed by atoms with van der Waals surface area (Å²) in [5.74, 6) is -0.223. The largest absolute Gasteiger partial charge is 0.507 e. The molecular weight excluding hydrogens is 230 g/mol. The molecule has 1 atom stereocenters. The minimum absolute atomic E-state index is 0.0251. The van der Waals surface area contributed by atoms with Crippen LogP contribution in [0.5, 0.6) is 5.75 Å². The molecule has 1 aromatic rings. The number of phenols is 1. The number of nitrogens with one attached hydrogen (secondary N) is 1. The van der Waals surface area contributed by atoms with Crippen LogP contribution in [0.4, 0.5) is 0 Å². The molecule has 0 aromatic heterocycles. The Morgan fingerprint density at radius 3 is 3.00 bits per heavy atom. The van der Waals surface area contributed by atoms with E-state index in [2.05, 4.69) is 5.32 Å². The zero-order valence-corrected chi connectivity index (χ0v) is 10.6. The van der Waals surface area contributed by atoms with Gasteiger partial charge in [0.2, 0.25) is 0 Å². The van der Waals surface area contributed by atoms with E-state index in [9.17, 15) is 9.90 Å². The number of rotatable bonds is 3. The van der Waals surface area contributed by atoms with Gasteiger partial charge in [0.15, 0.2) is 0 Å². The van der Waals surface area contributed by atoms with Gasteiger partial charge < -0.3 is 15.2 Å². The van der Waals surface area contributed by atoms with E-state index >= 15 is 0 Å². The second-order valence-electron chi connectivity index (χ2n) is 4.72. The van der Waals surface area contributed by atoms with Gasteiger partial charge in [-0.05, 0) is 43.9 Å². The third-order valence-electron chi connectivity index (χ3n) is 3.16. The minimum Gasteiger partial charge on any atom is -0.507 e. The van der Waals surface area contributed by atoms with Crippen molar-refractivity contribution in [3.05, 3.63) is 29.3 Å². The Bertz CT molecular complexity index is 425. The van der Waals surface area contributed by atoms with Crippen LogP contribution >= 0.6 is 0 Å². The van der Waals surface area contributed by atoms with Crippen LogP contribution in [-0.4, -0.2) is 30.3 Å². The van der Waals surface area contributed by atoms with Crippen LogP contribution in [-0.2, 0) is 4.74 Å². The Hall–Kier alpha value is -1.55. The Kier molecular flexibility index (Phi) is 4.20. The van der Waals surface area contributed by atoms with Gasteiger partial charge in [-0.15, -0.1) is 0 Å². The molecule has 1 heterocycles. The van der Waals surface area contributed by atoms with Crippen molar-refractivity contribution in [1.29, 1.82) is 0 Å². The molecule has 1 fully saturated rings. The van der Waals surface area contributed by atoms with Gasteiger partial charge in [0.05, 0.1) is 11.7 Å². The number of hydrogen-bond acceptors (Lipinski definition) is 3. The lowest BCUT2D eigenvalue weighted by Crippen LogP contribution is -2.35. The number of aryl methyl sites for hydroxylation is 1. The third-order valence-corrected chi connectivity index (χ3v) is 3.16. The van der Waals surface area contributed by atoms with Gasteiger partial charge in [-0.2, -0.15) is 0 Å². The first-order chi connectivity index (χ1) is 8.66. The van der Waals surface area contributed by atoms with Crippen LogP contribution in [0.25, 0.3) is 0 Å². The number of ether oxygens (including phenoxy) is 1. The van der Waals surface area contributed by atoms with Crippen LogP contribution < -0.4 is 5.32 Å². The van der Waals surface area contributed by atoms with Gasteiger partial charge >= 0.3 is 0 Å². The molecule has 1 amide bonds. The fourth-order valence-electron chi connectivity index (χ4n) is 2.10. The SMILES string of the molecule is Cc1ccc(C(=O)NCC2CCCCO2)c(O)c1. The standard InChI is InChI=1S/C14H19NO3/c1-10-5-6-12(13(16)8-10)14(17)15-9-11-4-2-3-7-18-11/h5-6,8,11,16H,2-4,7,9H2,1H3,(H,15,17). The average molecular weight is 249 g/mol. The summed E-state index contributed by atoms with van der Waals surface area (Å²) in [5, 5.41) is 12.5. The van der Waals surface area contributed by atoms with Crippen molar-refractivity contribution < 1.29 is 14.6 Å². The van der Waals surface area contributed by atoms with Crippen LogP contribution in [0, 0.1) is 6.92 Å². The molecule has 1 aliphatic rings. The molecule has 2 N–H and O–H groups in total. The van der Waals surface area contributed by atoms with E-state index in [0.717, 1.165) is 31.4 Å². The number of phenolic OH excluding ortho intramolecular Hbond substituents is 1. The Morgan fingerprint density at radius 1 is 1.50 bits per heavy atom. The minimum atomic E-state index is -0.248. The zero-order chi connectivity index (χ0) is 13.0. The second-order valence-corrected chi connectivity index (χ2v) is 4.72. The molecular formula is C14H19NO3. The summed E-state index contributed by atoms with van der Waals surface area (Å²) in [6.07, 6.45) is 3.34. The number of hydrogen-bond donors (Lipinski definition) is 2. The van der Waals surface area contributed by atoms with Gasteiger partial charge in [0.1, 0.15) is 5.75 Å². The lowest BCUT2D eigenvalue weighted by atomic mass is 10.1. The fraction of sp³-hybridized carbons (Fsp3) is 0.500.